The molecule has 0 radical (unpaired) electrons. The highest BCUT2D eigenvalue weighted by Crippen LogP contribution is 2.45. The smallest absolute Gasteiger partial charge is 0.308 e. The van der Waals surface area contributed by atoms with Crippen LogP contribution in [0.4, 0.5) is 0 Å². The molecule has 4 heteroatoms. The summed E-state index contributed by atoms with van der Waals surface area (Å²) in [5.41, 5.74) is 2.47. The van der Waals surface area contributed by atoms with Gasteiger partial charge in [-0.15, -0.1) is 0 Å². The van der Waals surface area contributed by atoms with Crippen molar-refractivity contribution in [2.75, 3.05) is 6.73 Å². The maximum absolute atomic E-state index is 11.7. The maximum atomic E-state index is 11.7. The molecule has 0 saturated heterocycles. The summed E-state index contributed by atoms with van der Waals surface area (Å²) >= 11 is 0. The van der Waals surface area contributed by atoms with Gasteiger partial charge in [0.2, 0.25) is 0 Å². The van der Waals surface area contributed by atoms with E-state index in [1.807, 2.05) is 12.3 Å². The van der Waals surface area contributed by atoms with Crippen LogP contribution in [0.5, 0.6) is 11.5 Å². The Morgan fingerprint density at radius 3 is 2.32 bits per heavy atom. The lowest BCUT2D eigenvalue weighted by molar-refractivity contribution is -0.132. The van der Waals surface area contributed by atoms with E-state index in [0.717, 1.165) is 22.4 Å². The second kappa shape index (κ2) is 5.41. The summed E-state index contributed by atoms with van der Waals surface area (Å²) in [5.74, 6) is 1.13. The van der Waals surface area contributed by atoms with Crippen LogP contribution in [0.2, 0.25) is 0 Å². The van der Waals surface area contributed by atoms with Crippen LogP contribution in [0.1, 0.15) is 65.2 Å². The Labute approximate surface area is 132 Å². The molecule has 120 valence electrons. The van der Waals surface area contributed by atoms with E-state index >= 15 is 0 Å². The third kappa shape index (κ3) is 3.16. The molecular weight excluding hydrogens is 278 g/mol. The van der Waals surface area contributed by atoms with Crippen molar-refractivity contribution in [1.29, 1.82) is 0 Å². The van der Waals surface area contributed by atoms with E-state index in [0.29, 0.717) is 12.5 Å². The Kier molecular flexibility index (Phi) is 4.07. The molecule has 0 saturated carbocycles. The van der Waals surface area contributed by atoms with Crippen molar-refractivity contribution in [1.82, 2.24) is 0 Å². The Morgan fingerprint density at radius 2 is 1.82 bits per heavy atom. The summed E-state index contributed by atoms with van der Waals surface area (Å²) in [7, 11) is 0. The zero-order valence-electron chi connectivity index (χ0n) is 14.5. The molecule has 22 heavy (non-hydrogen) atoms. The summed E-state index contributed by atoms with van der Waals surface area (Å²) in [6.07, 6.45) is 1.82. The molecule has 0 spiro atoms. The first-order chi connectivity index (χ1) is 10.0. The maximum Gasteiger partial charge on any atom is 0.308 e. The summed E-state index contributed by atoms with van der Waals surface area (Å²) in [5, 5.41) is 0. The first-order valence-corrected chi connectivity index (χ1v) is 7.55. The Hall–Kier alpha value is -1.84. The van der Waals surface area contributed by atoms with Crippen molar-refractivity contribution in [2.45, 2.75) is 59.3 Å². The van der Waals surface area contributed by atoms with Crippen LogP contribution in [0, 0.1) is 0 Å². The van der Waals surface area contributed by atoms with Crippen LogP contribution in [0.3, 0.4) is 0 Å². The van der Waals surface area contributed by atoms with E-state index in [2.05, 4.69) is 46.5 Å². The standard InChI is InChI=1S/C18H25NO3/c1-11(20)22-16-13(17(2,3)4)8-14-12(9-19-10-21-14)15(16)18(5,6)7/h8-9H,10H2,1-7H3. The summed E-state index contributed by atoms with van der Waals surface area (Å²) in [6, 6.07) is 1.98. The molecular formula is C18H25NO3. The van der Waals surface area contributed by atoms with Gasteiger partial charge in [-0.05, 0) is 16.9 Å². The number of ether oxygens (including phenoxy) is 2. The molecule has 0 aromatic heterocycles. The molecule has 1 aromatic carbocycles. The fourth-order valence-electron chi connectivity index (χ4n) is 2.69. The second-order valence-electron chi connectivity index (χ2n) is 7.72. The average molecular weight is 303 g/mol. The van der Waals surface area contributed by atoms with Crippen molar-refractivity contribution in [3.05, 3.63) is 22.8 Å². The van der Waals surface area contributed by atoms with Crippen molar-refractivity contribution in [3.8, 4) is 11.5 Å². The highest BCUT2D eigenvalue weighted by Gasteiger charge is 2.33. The van der Waals surface area contributed by atoms with E-state index in [9.17, 15) is 4.79 Å². The molecule has 0 amide bonds. The average Bonchev–Trinajstić information content (AvgIpc) is 2.34. The lowest BCUT2D eigenvalue weighted by atomic mass is 9.77. The number of rotatable bonds is 1. The van der Waals surface area contributed by atoms with Crippen molar-refractivity contribution < 1.29 is 14.3 Å². The second-order valence-corrected chi connectivity index (χ2v) is 7.72. The van der Waals surface area contributed by atoms with Gasteiger partial charge in [-0.2, -0.15) is 0 Å². The lowest BCUT2D eigenvalue weighted by Gasteiger charge is -2.32. The molecule has 2 rings (SSSR count). The Morgan fingerprint density at radius 1 is 1.18 bits per heavy atom. The van der Waals surface area contributed by atoms with Gasteiger partial charge in [0.15, 0.2) is 6.73 Å². The molecule has 1 aliphatic rings. The molecule has 4 nitrogen and oxygen atoms in total. The van der Waals surface area contributed by atoms with Crippen molar-refractivity contribution >= 4 is 12.2 Å². The third-order valence-corrected chi connectivity index (χ3v) is 3.60. The van der Waals surface area contributed by atoms with Crippen LogP contribution in [-0.4, -0.2) is 18.9 Å². The number of aliphatic imine (C=N–C) groups is 1. The van der Waals surface area contributed by atoms with Crippen LogP contribution in [-0.2, 0) is 15.6 Å². The molecule has 1 heterocycles. The first-order valence-electron chi connectivity index (χ1n) is 7.55. The van der Waals surface area contributed by atoms with Crippen molar-refractivity contribution in [2.24, 2.45) is 4.99 Å². The van der Waals surface area contributed by atoms with Gasteiger partial charge in [-0.3, -0.25) is 9.79 Å². The topological polar surface area (TPSA) is 47.9 Å². The normalized spacial score (nSPS) is 14.3. The number of nitrogens with zero attached hydrogens (tertiary/aromatic N) is 1. The minimum absolute atomic E-state index is 0.169. The SMILES string of the molecule is CC(=O)Oc1c(C(C)(C)C)cc2c(c1C(C)(C)C)C=NCO2. The summed E-state index contributed by atoms with van der Waals surface area (Å²) in [4.78, 5) is 15.9. The predicted molar refractivity (Wildman–Crippen MR) is 88.2 cm³/mol. The zero-order chi connectivity index (χ0) is 16.7. The van der Waals surface area contributed by atoms with E-state index in [1.165, 1.54) is 6.92 Å². The highest BCUT2D eigenvalue weighted by molar-refractivity contribution is 5.89. The van der Waals surface area contributed by atoms with E-state index in [-0.39, 0.29) is 16.8 Å². The van der Waals surface area contributed by atoms with Gasteiger partial charge in [-0.25, -0.2) is 0 Å². The number of carbonyl (C=O) groups is 1. The monoisotopic (exact) mass is 303 g/mol. The Bertz CT molecular complexity index is 631. The van der Waals surface area contributed by atoms with E-state index < -0.39 is 0 Å². The van der Waals surface area contributed by atoms with Gasteiger partial charge in [-0.1, -0.05) is 41.5 Å². The van der Waals surface area contributed by atoms with Crippen LogP contribution >= 0.6 is 0 Å². The van der Waals surface area contributed by atoms with Gasteiger partial charge in [0, 0.05) is 29.8 Å². The van der Waals surface area contributed by atoms with Gasteiger partial charge in [0.25, 0.3) is 0 Å². The number of benzene rings is 1. The molecule has 0 atom stereocenters. The third-order valence-electron chi connectivity index (χ3n) is 3.60. The Balaban J connectivity index is 2.87. The number of hydrogen-bond donors (Lipinski definition) is 0. The van der Waals surface area contributed by atoms with Crippen LogP contribution in [0.15, 0.2) is 11.1 Å². The van der Waals surface area contributed by atoms with Crippen molar-refractivity contribution in [3.63, 3.8) is 0 Å². The molecule has 1 aromatic rings. The van der Waals surface area contributed by atoms with Gasteiger partial charge >= 0.3 is 5.97 Å². The fraction of sp³-hybridized carbons (Fsp3) is 0.556. The molecule has 0 unspecified atom stereocenters. The molecule has 0 bridgehead atoms. The summed E-state index contributed by atoms with van der Waals surface area (Å²) in [6.45, 7) is 14.4. The minimum atomic E-state index is -0.315. The highest BCUT2D eigenvalue weighted by atomic mass is 16.5. The number of carbonyl (C=O) groups excluding carboxylic acids is 1. The predicted octanol–water partition coefficient (Wildman–Crippen LogP) is 3.98. The largest absolute Gasteiger partial charge is 0.471 e. The van der Waals surface area contributed by atoms with Gasteiger partial charge in [0.05, 0.1) is 0 Å². The number of hydrogen-bond acceptors (Lipinski definition) is 4. The molecule has 1 aliphatic heterocycles. The zero-order valence-corrected chi connectivity index (χ0v) is 14.5. The molecule has 0 fully saturated rings. The van der Waals surface area contributed by atoms with E-state index in [4.69, 9.17) is 9.47 Å². The van der Waals surface area contributed by atoms with E-state index in [1.54, 1.807) is 0 Å². The van der Waals surface area contributed by atoms with Gasteiger partial charge < -0.3 is 9.47 Å². The summed E-state index contributed by atoms with van der Waals surface area (Å²) < 4.78 is 11.4. The lowest BCUT2D eigenvalue weighted by Crippen LogP contribution is -2.24. The number of esters is 1. The van der Waals surface area contributed by atoms with Crippen LogP contribution < -0.4 is 9.47 Å². The quantitative estimate of drug-likeness (QED) is 0.582. The number of fused-ring (bicyclic) bond motifs is 1. The fourth-order valence-corrected chi connectivity index (χ4v) is 2.69. The van der Waals surface area contributed by atoms with Crippen LogP contribution in [0.25, 0.3) is 0 Å². The molecule has 0 N–H and O–H groups in total. The minimum Gasteiger partial charge on any atom is -0.471 e. The molecule has 0 aliphatic carbocycles. The first kappa shape index (κ1) is 16.5. The van der Waals surface area contributed by atoms with Gasteiger partial charge in [0.1, 0.15) is 11.5 Å².